The van der Waals surface area contributed by atoms with Gasteiger partial charge in [-0.25, -0.2) is 4.79 Å². The number of aryl methyl sites for hydroxylation is 2. The number of carbonyl (C=O) groups excluding carboxylic acids is 2. The Morgan fingerprint density at radius 3 is 2.40 bits per heavy atom. The Bertz CT molecular complexity index is 1450. The SMILES string of the molecule is Cc1cccc(C)c1C(=O)NCCC(C)N1CCC(N(Cc2cccc(C#N)c2)c2ccc(N3CCOC3=O)cc2)CC1. The molecule has 8 nitrogen and oxygen atoms in total. The van der Waals surface area contributed by atoms with Gasteiger partial charge in [-0.1, -0.05) is 30.3 Å². The number of cyclic esters (lactones) is 1. The molecule has 0 saturated carbocycles. The first-order chi connectivity index (χ1) is 20.8. The lowest BCUT2D eigenvalue weighted by atomic mass is 9.98. The number of rotatable bonds is 10. The average Bonchev–Trinajstić information content (AvgIpc) is 3.45. The molecule has 2 fully saturated rings. The number of likely N-dealkylation sites (tertiary alicyclic amines) is 1. The number of carbonyl (C=O) groups is 2. The first-order valence-electron chi connectivity index (χ1n) is 15.2. The van der Waals surface area contributed by atoms with E-state index < -0.39 is 0 Å². The van der Waals surface area contributed by atoms with Crippen LogP contribution in [-0.2, 0) is 11.3 Å². The van der Waals surface area contributed by atoms with Gasteiger partial charge >= 0.3 is 6.09 Å². The smallest absolute Gasteiger partial charge is 0.414 e. The number of ether oxygens (including phenoxy) is 1. The van der Waals surface area contributed by atoms with Crippen molar-refractivity contribution in [3.05, 3.63) is 94.5 Å². The maximum atomic E-state index is 12.8. The fourth-order valence-corrected chi connectivity index (χ4v) is 6.30. The highest BCUT2D eigenvalue weighted by Crippen LogP contribution is 2.30. The van der Waals surface area contributed by atoms with Crippen LogP contribution < -0.4 is 15.1 Å². The van der Waals surface area contributed by atoms with Gasteiger partial charge in [0.25, 0.3) is 5.91 Å². The van der Waals surface area contributed by atoms with E-state index in [1.165, 1.54) is 0 Å². The number of anilines is 2. The molecule has 2 heterocycles. The summed E-state index contributed by atoms with van der Waals surface area (Å²) < 4.78 is 5.11. The van der Waals surface area contributed by atoms with Gasteiger partial charge in [-0.2, -0.15) is 5.26 Å². The number of nitriles is 1. The van der Waals surface area contributed by atoms with Crippen LogP contribution in [0, 0.1) is 25.2 Å². The van der Waals surface area contributed by atoms with Crippen molar-refractivity contribution in [1.29, 1.82) is 5.26 Å². The van der Waals surface area contributed by atoms with E-state index in [4.69, 9.17) is 4.74 Å². The Balaban J connectivity index is 1.21. The maximum Gasteiger partial charge on any atom is 0.414 e. The van der Waals surface area contributed by atoms with Crippen molar-refractivity contribution in [2.24, 2.45) is 0 Å². The van der Waals surface area contributed by atoms with E-state index in [1.807, 2.05) is 62.4 Å². The predicted octanol–water partition coefficient (Wildman–Crippen LogP) is 5.81. The molecule has 3 aromatic rings. The predicted molar refractivity (Wildman–Crippen MR) is 169 cm³/mol. The molecule has 0 spiro atoms. The fourth-order valence-electron chi connectivity index (χ4n) is 6.30. The number of piperidine rings is 1. The molecule has 8 heteroatoms. The van der Waals surface area contributed by atoms with Crippen LogP contribution in [0.3, 0.4) is 0 Å². The van der Waals surface area contributed by atoms with Crippen LogP contribution in [0.25, 0.3) is 0 Å². The lowest BCUT2D eigenvalue weighted by molar-refractivity contribution is 0.0944. The molecular weight excluding hydrogens is 538 g/mol. The second kappa shape index (κ2) is 13.7. The molecule has 1 atom stereocenters. The summed E-state index contributed by atoms with van der Waals surface area (Å²) in [7, 11) is 0. The van der Waals surface area contributed by atoms with Gasteiger partial charge in [0, 0.05) is 55.2 Å². The average molecular weight is 580 g/mol. The second-order valence-electron chi connectivity index (χ2n) is 11.7. The van der Waals surface area contributed by atoms with E-state index in [2.05, 4.69) is 46.3 Å². The van der Waals surface area contributed by atoms with Crippen molar-refractivity contribution in [3.63, 3.8) is 0 Å². The highest BCUT2D eigenvalue weighted by atomic mass is 16.6. The van der Waals surface area contributed by atoms with E-state index in [0.717, 1.165) is 66.0 Å². The number of benzene rings is 3. The summed E-state index contributed by atoms with van der Waals surface area (Å²) in [6.07, 6.45) is 2.62. The van der Waals surface area contributed by atoms with Gasteiger partial charge in [-0.15, -0.1) is 0 Å². The zero-order valence-corrected chi connectivity index (χ0v) is 25.4. The molecule has 0 aromatic heterocycles. The third-order valence-corrected chi connectivity index (χ3v) is 8.78. The van der Waals surface area contributed by atoms with Crippen LogP contribution in [0.15, 0.2) is 66.7 Å². The zero-order valence-electron chi connectivity index (χ0n) is 25.4. The summed E-state index contributed by atoms with van der Waals surface area (Å²) in [6.45, 7) is 10.5. The first-order valence-corrected chi connectivity index (χ1v) is 15.2. The standard InChI is InChI=1S/C35H41N5O3/c1-25-6-4-7-26(2)33(25)34(41)37-17-14-27(3)38-18-15-32(16-19-38)40(24-29-9-5-8-28(22-29)23-36)31-12-10-30(11-13-31)39-20-21-43-35(39)42/h4-13,22,27,32H,14-21,24H2,1-3H3,(H,37,41). The van der Waals surface area contributed by atoms with E-state index in [-0.39, 0.29) is 12.0 Å². The molecule has 2 amide bonds. The van der Waals surface area contributed by atoms with E-state index in [1.54, 1.807) is 4.90 Å². The molecule has 224 valence electrons. The van der Waals surface area contributed by atoms with Crippen molar-refractivity contribution in [2.75, 3.05) is 42.6 Å². The summed E-state index contributed by atoms with van der Waals surface area (Å²) in [5.41, 5.74) is 6.49. The van der Waals surface area contributed by atoms with Crippen molar-refractivity contribution in [2.45, 2.75) is 58.7 Å². The Labute approximate surface area is 254 Å². The monoisotopic (exact) mass is 579 g/mol. The fraction of sp³-hybridized carbons (Fsp3) is 0.400. The molecule has 3 aromatic carbocycles. The third kappa shape index (κ3) is 7.18. The third-order valence-electron chi connectivity index (χ3n) is 8.78. The summed E-state index contributed by atoms with van der Waals surface area (Å²) in [5, 5.41) is 12.6. The summed E-state index contributed by atoms with van der Waals surface area (Å²) in [4.78, 5) is 31.5. The van der Waals surface area contributed by atoms with Gasteiger partial charge in [-0.3, -0.25) is 9.69 Å². The van der Waals surface area contributed by atoms with Crippen LogP contribution in [-0.4, -0.2) is 61.8 Å². The summed E-state index contributed by atoms with van der Waals surface area (Å²) in [5.74, 6) is 0.00487. The molecule has 43 heavy (non-hydrogen) atoms. The van der Waals surface area contributed by atoms with Crippen LogP contribution in [0.1, 0.15) is 58.8 Å². The second-order valence-corrected chi connectivity index (χ2v) is 11.7. The number of nitrogens with zero attached hydrogens (tertiary/aromatic N) is 4. The zero-order chi connectivity index (χ0) is 30.3. The molecule has 0 bridgehead atoms. The number of hydrogen-bond donors (Lipinski definition) is 1. The molecule has 1 unspecified atom stereocenters. The van der Waals surface area contributed by atoms with E-state index in [9.17, 15) is 14.9 Å². The van der Waals surface area contributed by atoms with Crippen LogP contribution in [0.5, 0.6) is 0 Å². The van der Waals surface area contributed by atoms with Crippen molar-refractivity contribution < 1.29 is 14.3 Å². The van der Waals surface area contributed by atoms with Gasteiger partial charge in [-0.05, 0) is 93.1 Å². The normalized spacial score (nSPS) is 16.4. The number of amides is 2. The molecule has 2 saturated heterocycles. The molecule has 2 aliphatic heterocycles. The molecule has 0 radical (unpaired) electrons. The lowest BCUT2D eigenvalue weighted by Gasteiger charge is -2.42. The topological polar surface area (TPSA) is 88.9 Å². The van der Waals surface area contributed by atoms with E-state index >= 15 is 0 Å². The Morgan fingerprint density at radius 2 is 1.74 bits per heavy atom. The Hall–Kier alpha value is -4.35. The molecule has 5 rings (SSSR count). The number of hydrogen-bond acceptors (Lipinski definition) is 6. The van der Waals surface area contributed by atoms with Gasteiger partial charge in [0.2, 0.25) is 0 Å². The quantitative estimate of drug-likeness (QED) is 0.326. The molecule has 1 N–H and O–H groups in total. The van der Waals surface area contributed by atoms with Gasteiger partial charge in [0.1, 0.15) is 6.61 Å². The molecular formula is C35H41N5O3. The molecule has 2 aliphatic rings. The van der Waals surface area contributed by atoms with Gasteiger partial charge in [0.05, 0.1) is 18.2 Å². The summed E-state index contributed by atoms with van der Waals surface area (Å²) >= 11 is 0. The Morgan fingerprint density at radius 1 is 1.05 bits per heavy atom. The highest BCUT2D eigenvalue weighted by Gasteiger charge is 2.28. The van der Waals surface area contributed by atoms with Gasteiger partial charge < -0.3 is 19.9 Å². The molecule has 0 aliphatic carbocycles. The minimum Gasteiger partial charge on any atom is -0.447 e. The van der Waals surface area contributed by atoms with Crippen molar-refractivity contribution >= 4 is 23.4 Å². The minimum absolute atomic E-state index is 0.00487. The van der Waals surface area contributed by atoms with Crippen LogP contribution in [0.4, 0.5) is 16.2 Å². The van der Waals surface area contributed by atoms with Gasteiger partial charge in [0.15, 0.2) is 0 Å². The lowest BCUT2D eigenvalue weighted by Crippen LogP contribution is -2.48. The number of nitrogens with one attached hydrogen (secondary N) is 1. The largest absolute Gasteiger partial charge is 0.447 e. The maximum absolute atomic E-state index is 12.8. The first kappa shape index (κ1) is 30.1. The summed E-state index contributed by atoms with van der Waals surface area (Å²) in [6, 6.07) is 24.9. The van der Waals surface area contributed by atoms with E-state index in [0.29, 0.717) is 43.9 Å². The van der Waals surface area contributed by atoms with Crippen molar-refractivity contribution in [3.8, 4) is 6.07 Å². The van der Waals surface area contributed by atoms with Crippen molar-refractivity contribution in [1.82, 2.24) is 10.2 Å². The van der Waals surface area contributed by atoms with Crippen LogP contribution >= 0.6 is 0 Å². The minimum atomic E-state index is -0.302. The highest BCUT2D eigenvalue weighted by molar-refractivity contribution is 5.97. The Kier molecular flexibility index (Phi) is 9.63. The van der Waals surface area contributed by atoms with Crippen LogP contribution in [0.2, 0.25) is 0 Å².